The van der Waals surface area contributed by atoms with Gasteiger partial charge in [-0.3, -0.25) is 14.8 Å². The monoisotopic (exact) mass is 367 g/mol. The number of hydrogen-bond acceptors (Lipinski definition) is 4. The molecular weight excluding hydrogens is 342 g/mol. The number of hydrogen-bond donors (Lipinski definition) is 3. The minimum Gasteiger partial charge on any atom is -0.311 e. The highest BCUT2D eigenvalue weighted by molar-refractivity contribution is 5.93. The van der Waals surface area contributed by atoms with E-state index in [1.807, 2.05) is 24.3 Å². The normalized spacial score (nSPS) is 15.7. The van der Waals surface area contributed by atoms with Crippen LogP contribution < -0.4 is 10.8 Å². The lowest BCUT2D eigenvalue weighted by Crippen LogP contribution is -2.20. The number of aromatic nitrogens is 1. The van der Waals surface area contributed by atoms with Crippen LogP contribution in [0, 0.1) is 0 Å². The van der Waals surface area contributed by atoms with Gasteiger partial charge in [0.25, 0.3) is 5.91 Å². The van der Waals surface area contributed by atoms with Gasteiger partial charge in [-0.05, 0) is 72.6 Å². The van der Waals surface area contributed by atoms with Crippen LogP contribution in [0.4, 0.5) is 5.82 Å². The fourth-order valence-electron chi connectivity index (χ4n) is 3.56. The zero-order valence-corrected chi connectivity index (χ0v) is 15.5. The van der Waals surface area contributed by atoms with Crippen molar-refractivity contribution in [2.75, 3.05) is 5.32 Å². The molecule has 6 heteroatoms. The van der Waals surface area contributed by atoms with Gasteiger partial charge in [-0.2, -0.15) is 0 Å². The lowest BCUT2D eigenvalue weighted by molar-refractivity contribution is -0.116. The van der Waals surface area contributed by atoms with Crippen molar-refractivity contribution in [1.29, 1.82) is 0 Å². The van der Waals surface area contributed by atoms with E-state index in [0.717, 1.165) is 37.7 Å². The van der Waals surface area contributed by atoms with Gasteiger partial charge in [0.15, 0.2) is 0 Å². The van der Waals surface area contributed by atoms with Crippen molar-refractivity contribution in [1.82, 2.24) is 10.5 Å². The minimum atomic E-state index is -0.488. The van der Waals surface area contributed by atoms with Crippen LogP contribution in [-0.2, 0) is 17.6 Å². The third-order valence-corrected chi connectivity index (χ3v) is 5.08. The van der Waals surface area contributed by atoms with Gasteiger partial charge in [0, 0.05) is 18.2 Å². The Morgan fingerprint density at radius 1 is 1.22 bits per heavy atom. The highest BCUT2D eigenvalue weighted by Gasteiger charge is 2.21. The smallest absolute Gasteiger partial charge is 0.274 e. The van der Waals surface area contributed by atoms with Gasteiger partial charge >= 0.3 is 0 Å². The summed E-state index contributed by atoms with van der Waals surface area (Å²) in [4.78, 5) is 27.8. The summed E-state index contributed by atoms with van der Waals surface area (Å²) < 4.78 is 0. The van der Waals surface area contributed by atoms with Crippen molar-refractivity contribution in [2.24, 2.45) is 0 Å². The Morgan fingerprint density at radius 3 is 2.85 bits per heavy atom. The number of hydroxylamine groups is 1. The van der Waals surface area contributed by atoms with E-state index in [0.29, 0.717) is 23.7 Å². The van der Waals surface area contributed by atoms with Gasteiger partial charge < -0.3 is 5.32 Å². The number of anilines is 1. The number of aryl methyl sites for hydroxylation is 1. The van der Waals surface area contributed by atoms with Gasteiger partial charge in [0.2, 0.25) is 5.91 Å². The van der Waals surface area contributed by atoms with Crippen molar-refractivity contribution in [3.63, 3.8) is 0 Å². The van der Waals surface area contributed by atoms with Crippen molar-refractivity contribution in [3.8, 4) is 0 Å². The summed E-state index contributed by atoms with van der Waals surface area (Å²) in [6, 6.07) is 9.51. The average Bonchev–Trinajstić information content (AvgIpc) is 2.71. The van der Waals surface area contributed by atoms with E-state index in [1.54, 1.807) is 17.7 Å². The number of benzene rings is 1. The lowest BCUT2D eigenvalue weighted by Gasteiger charge is -2.25. The van der Waals surface area contributed by atoms with E-state index >= 15 is 0 Å². The first-order chi connectivity index (χ1) is 13.1. The van der Waals surface area contributed by atoms with Crippen molar-refractivity contribution in [3.05, 3.63) is 58.8 Å². The number of amides is 2. The van der Waals surface area contributed by atoms with E-state index in [1.165, 1.54) is 11.1 Å². The first kappa shape index (κ1) is 19.0. The lowest BCUT2D eigenvalue weighted by atomic mass is 9.80. The molecule has 2 amide bonds. The summed E-state index contributed by atoms with van der Waals surface area (Å²) >= 11 is 0. The van der Waals surface area contributed by atoms with Crippen LogP contribution in [0.1, 0.15) is 65.6 Å². The van der Waals surface area contributed by atoms with Gasteiger partial charge in [-0.1, -0.05) is 19.4 Å². The summed E-state index contributed by atoms with van der Waals surface area (Å²) in [5.74, 6) is 0.473. The Labute approximate surface area is 159 Å². The Morgan fingerprint density at radius 2 is 2.07 bits per heavy atom. The van der Waals surface area contributed by atoms with Crippen LogP contribution in [0.25, 0.3) is 0 Å². The molecule has 2 aromatic rings. The first-order valence-corrected chi connectivity index (χ1v) is 9.42. The van der Waals surface area contributed by atoms with Crippen LogP contribution in [-0.4, -0.2) is 22.0 Å². The van der Waals surface area contributed by atoms with E-state index in [9.17, 15) is 9.59 Å². The molecule has 1 heterocycles. The third-order valence-electron chi connectivity index (χ3n) is 5.08. The molecule has 0 bridgehead atoms. The second-order valence-corrected chi connectivity index (χ2v) is 6.99. The molecule has 6 nitrogen and oxygen atoms in total. The largest absolute Gasteiger partial charge is 0.311 e. The maximum absolute atomic E-state index is 11.9. The number of fused-ring (bicyclic) bond motifs is 1. The number of pyridine rings is 1. The van der Waals surface area contributed by atoms with Gasteiger partial charge in [0.05, 0.1) is 0 Å². The molecule has 27 heavy (non-hydrogen) atoms. The fraction of sp³-hybridized carbons (Fsp3) is 0.381. The van der Waals surface area contributed by atoms with E-state index in [2.05, 4.69) is 17.2 Å². The number of nitrogens with zero attached hydrogens (tertiary/aromatic N) is 1. The molecule has 1 aromatic carbocycles. The maximum Gasteiger partial charge on any atom is 0.274 e. The Kier molecular flexibility index (Phi) is 6.19. The molecule has 1 aliphatic carbocycles. The molecule has 1 aliphatic rings. The van der Waals surface area contributed by atoms with Crippen molar-refractivity contribution >= 4 is 17.6 Å². The van der Waals surface area contributed by atoms with E-state index < -0.39 is 5.91 Å². The van der Waals surface area contributed by atoms with Crippen LogP contribution in [0.3, 0.4) is 0 Å². The number of nitrogens with one attached hydrogen (secondary N) is 2. The Hall–Kier alpha value is -2.73. The number of carbonyl (C=O) groups is 2. The molecule has 1 atom stereocenters. The fourth-order valence-corrected chi connectivity index (χ4v) is 3.56. The number of rotatable bonds is 6. The topological polar surface area (TPSA) is 91.3 Å². The molecule has 0 aliphatic heterocycles. The summed E-state index contributed by atoms with van der Waals surface area (Å²) in [5, 5.41) is 11.7. The molecule has 1 aromatic heterocycles. The highest BCUT2D eigenvalue weighted by atomic mass is 16.5. The summed E-state index contributed by atoms with van der Waals surface area (Å²) in [6.45, 7) is 2.06. The van der Waals surface area contributed by atoms with Crippen LogP contribution in [0.5, 0.6) is 0 Å². The summed E-state index contributed by atoms with van der Waals surface area (Å²) in [5.41, 5.74) is 5.67. The summed E-state index contributed by atoms with van der Waals surface area (Å²) in [7, 11) is 0. The predicted molar refractivity (Wildman–Crippen MR) is 103 cm³/mol. The zero-order valence-electron chi connectivity index (χ0n) is 15.5. The second-order valence-electron chi connectivity index (χ2n) is 6.99. The molecule has 0 spiro atoms. The molecular formula is C21H25N3O3. The quantitative estimate of drug-likeness (QED) is 0.537. The van der Waals surface area contributed by atoms with Crippen LogP contribution in [0.15, 0.2) is 36.5 Å². The Bertz CT molecular complexity index is 835. The third kappa shape index (κ3) is 4.71. The summed E-state index contributed by atoms with van der Waals surface area (Å²) in [6.07, 6.45) is 6.84. The number of carbonyl (C=O) groups excluding carboxylic acids is 2. The SMILES string of the molecule is CCCCC(=O)Nc1cc(C2CCc3cc(C(=O)NO)ccc3C2)ccn1. The molecule has 142 valence electrons. The predicted octanol–water partition coefficient (Wildman–Crippen LogP) is 3.60. The van der Waals surface area contributed by atoms with Gasteiger partial charge in [-0.15, -0.1) is 0 Å². The minimum absolute atomic E-state index is 0.00480. The van der Waals surface area contributed by atoms with Crippen molar-refractivity contribution in [2.45, 2.75) is 51.4 Å². The van der Waals surface area contributed by atoms with Crippen LogP contribution in [0.2, 0.25) is 0 Å². The van der Waals surface area contributed by atoms with Gasteiger partial charge in [-0.25, -0.2) is 10.5 Å². The van der Waals surface area contributed by atoms with Crippen LogP contribution >= 0.6 is 0 Å². The standard InChI is InChI=1S/C21H25N3O3/c1-2-3-4-20(25)23-19-13-17(9-10-22-19)15-5-6-16-12-18(21(26)24-27)8-7-14(16)11-15/h7-10,12-13,15,27H,2-6,11H2,1H3,(H,24,26)(H,22,23,25). The molecule has 3 N–H and O–H groups in total. The molecule has 0 radical (unpaired) electrons. The first-order valence-electron chi connectivity index (χ1n) is 9.42. The molecule has 0 fully saturated rings. The zero-order chi connectivity index (χ0) is 19.2. The molecule has 1 unspecified atom stereocenters. The number of unbranched alkanes of at least 4 members (excludes halogenated alkanes) is 1. The average molecular weight is 367 g/mol. The van der Waals surface area contributed by atoms with E-state index in [-0.39, 0.29) is 5.91 Å². The molecule has 0 saturated carbocycles. The Balaban J connectivity index is 1.71. The van der Waals surface area contributed by atoms with Crippen molar-refractivity contribution < 1.29 is 14.8 Å². The van der Waals surface area contributed by atoms with Gasteiger partial charge in [0.1, 0.15) is 5.82 Å². The maximum atomic E-state index is 11.9. The molecule has 3 rings (SSSR count). The van der Waals surface area contributed by atoms with E-state index in [4.69, 9.17) is 5.21 Å². The molecule has 0 saturated heterocycles. The second kappa shape index (κ2) is 8.77. The highest BCUT2D eigenvalue weighted by Crippen LogP contribution is 2.33.